The third kappa shape index (κ3) is 2.62. The fourth-order valence-corrected chi connectivity index (χ4v) is 2.48. The molecule has 0 unspecified atom stereocenters. The van der Waals surface area contributed by atoms with E-state index in [1.807, 2.05) is 12.1 Å². The molecule has 4 heteroatoms. The molecular formula is C15H19N3O. The Bertz CT molecular complexity index is 562. The van der Waals surface area contributed by atoms with Crippen molar-refractivity contribution in [3.63, 3.8) is 0 Å². The normalized spacial score (nSPS) is 14.2. The first-order valence-corrected chi connectivity index (χ1v) is 6.99. The van der Waals surface area contributed by atoms with Crippen molar-refractivity contribution in [2.45, 2.75) is 45.8 Å². The van der Waals surface area contributed by atoms with E-state index in [1.54, 1.807) is 0 Å². The van der Waals surface area contributed by atoms with Gasteiger partial charge in [-0.25, -0.2) is 0 Å². The molecular weight excluding hydrogens is 238 g/mol. The molecule has 0 saturated heterocycles. The first-order valence-electron chi connectivity index (χ1n) is 6.99. The standard InChI is InChI=1S/C15H19N3O/c1-2-12-6-5-7-13(10-12)19-11-15-17-16-14-8-3-4-9-18(14)15/h5-7,10H,2-4,8-9,11H2,1H3. The molecule has 1 aliphatic heterocycles. The smallest absolute Gasteiger partial charge is 0.171 e. The molecule has 1 aromatic carbocycles. The van der Waals surface area contributed by atoms with Crippen molar-refractivity contribution in [1.82, 2.24) is 14.8 Å². The SMILES string of the molecule is CCc1cccc(OCc2nnc3n2CCCC3)c1. The zero-order chi connectivity index (χ0) is 13.1. The van der Waals surface area contributed by atoms with Crippen molar-refractivity contribution in [2.75, 3.05) is 0 Å². The number of fused-ring (bicyclic) bond motifs is 1. The molecule has 0 N–H and O–H groups in total. The molecule has 100 valence electrons. The number of hydrogen-bond donors (Lipinski definition) is 0. The van der Waals surface area contributed by atoms with Gasteiger partial charge in [-0.1, -0.05) is 19.1 Å². The molecule has 0 saturated carbocycles. The van der Waals surface area contributed by atoms with E-state index in [-0.39, 0.29) is 0 Å². The van der Waals surface area contributed by atoms with Gasteiger partial charge in [0.2, 0.25) is 0 Å². The van der Waals surface area contributed by atoms with Crippen LogP contribution in [-0.2, 0) is 26.0 Å². The Balaban J connectivity index is 1.70. The van der Waals surface area contributed by atoms with Crippen LogP contribution in [0.1, 0.15) is 37.0 Å². The molecule has 2 heterocycles. The number of aromatic nitrogens is 3. The lowest BCUT2D eigenvalue weighted by atomic mass is 10.1. The maximum Gasteiger partial charge on any atom is 0.171 e. The number of hydrogen-bond acceptors (Lipinski definition) is 3. The largest absolute Gasteiger partial charge is 0.486 e. The second kappa shape index (κ2) is 5.43. The Labute approximate surface area is 113 Å². The topological polar surface area (TPSA) is 39.9 Å². The van der Waals surface area contributed by atoms with Crippen LogP contribution in [0.5, 0.6) is 5.75 Å². The van der Waals surface area contributed by atoms with Crippen molar-refractivity contribution >= 4 is 0 Å². The Morgan fingerprint density at radius 2 is 2.21 bits per heavy atom. The van der Waals surface area contributed by atoms with E-state index in [4.69, 9.17) is 4.74 Å². The van der Waals surface area contributed by atoms with Crippen LogP contribution in [0.15, 0.2) is 24.3 Å². The lowest BCUT2D eigenvalue weighted by molar-refractivity contribution is 0.286. The molecule has 0 amide bonds. The number of benzene rings is 1. The quantitative estimate of drug-likeness (QED) is 0.845. The maximum absolute atomic E-state index is 5.84. The van der Waals surface area contributed by atoms with Gasteiger partial charge in [-0.05, 0) is 37.0 Å². The minimum Gasteiger partial charge on any atom is -0.486 e. The molecule has 3 rings (SSSR count). The highest BCUT2D eigenvalue weighted by atomic mass is 16.5. The van der Waals surface area contributed by atoms with Crippen LogP contribution in [0.4, 0.5) is 0 Å². The van der Waals surface area contributed by atoms with E-state index < -0.39 is 0 Å². The van der Waals surface area contributed by atoms with E-state index in [1.165, 1.54) is 18.4 Å². The van der Waals surface area contributed by atoms with Gasteiger partial charge in [-0.3, -0.25) is 0 Å². The van der Waals surface area contributed by atoms with Crippen LogP contribution in [-0.4, -0.2) is 14.8 Å². The van der Waals surface area contributed by atoms with Crippen molar-refractivity contribution in [3.05, 3.63) is 41.5 Å². The second-order valence-corrected chi connectivity index (χ2v) is 4.93. The molecule has 2 aromatic rings. The summed E-state index contributed by atoms with van der Waals surface area (Å²) in [5, 5.41) is 8.48. The van der Waals surface area contributed by atoms with Gasteiger partial charge in [0, 0.05) is 13.0 Å². The van der Waals surface area contributed by atoms with Crippen molar-refractivity contribution < 1.29 is 4.74 Å². The molecule has 4 nitrogen and oxygen atoms in total. The monoisotopic (exact) mass is 257 g/mol. The Kier molecular flexibility index (Phi) is 3.49. The zero-order valence-corrected chi connectivity index (χ0v) is 11.3. The maximum atomic E-state index is 5.84. The summed E-state index contributed by atoms with van der Waals surface area (Å²) in [6.45, 7) is 3.67. The van der Waals surface area contributed by atoms with Gasteiger partial charge in [0.1, 0.15) is 18.2 Å². The van der Waals surface area contributed by atoms with Gasteiger partial charge in [0.25, 0.3) is 0 Å². The number of ether oxygens (including phenoxy) is 1. The van der Waals surface area contributed by atoms with E-state index >= 15 is 0 Å². The van der Waals surface area contributed by atoms with Crippen LogP contribution >= 0.6 is 0 Å². The van der Waals surface area contributed by atoms with Gasteiger partial charge in [-0.2, -0.15) is 0 Å². The minimum absolute atomic E-state index is 0.500. The summed E-state index contributed by atoms with van der Waals surface area (Å²) in [7, 11) is 0. The van der Waals surface area contributed by atoms with Crippen molar-refractivity contribution in [1.29, 1.82) is 0 Å². The average molecular weight is 257 g/mol. The predicted molar refractivity (Wildman–Crippen MR) is 73.1 cm³/mol. The Morgan fingerprint density at radius 1 is 1.26 bits per heavy atom. The molecule has 0 spiro atoms. The lowest BCUT2D eigenvalue weighted by Gasteiger charge is -2.15. The summed E-state index contributed by atoms with van der Waals surface area (Å²) < 4.78 is 8.04. The predicted octanol–water partition coefficient (Wildman–Crippen LogP) is 2.76. The van der Waals surface area contributed by atoms with Crippen LogP contribution in [0.3, 0.4) is 0 Å². The highest BCUT2D eigenvalue weighted by Crippen LogP contribution is 2.18. The zero-order valence-electron chi connectivity index (χ0n) is 11.3. The lowest BCUT2D eigenvalue weighted by Crippen LogP contribution is -2.14. The molecule has 0 radical (unpaired) electrons. The van der Waals surface area contributed by atoms with Crippen LogP contribution in [0, 0.1) is 0 Å². The third-order valence-corrected chi connectivity index (χ3v) is 3.61. The Hall–Kier alpha value is -1.84. The number of nitrogens with zero attached hydrogens (tertiary/aromatic N) is 3. The van der Waals surface area contributed by atoms with E-state index in [2.05, 4.69) is 33.8 Å². The summed E-state index contributed by atoms with van der Waals surface area (Å²) in [6.07, 6.45) is 4.50. The second-order valence-electron chi connectivity index (χ2n) is 4.93. The molecule has 1 aromatic heterocycles. The number of rotatable bonds is 4. The first-order chi connectivity index (χ1) is 9.36. The third-order valence-electron chi connectivity index (χ3n) is 3.61. The van der Waals surface area contributed by atoms with Crippen molar-refractivity contribution in [2.24, 2.45) is 0 Å². The summed E-state index contributed by atoms with van der Waals surface area (Å²) in [5.41, 5.74) is 1.29. The van der Waals surface area contributed by atoms with E-state index in [0.717, 1.165) is 36.8 Å². The van der Waals surface area contributed by atoms with E-state index in [9.17, 15) is 0 Å². The van der Waals surface area contributed by atoms with Crippen LogP contribution in [0.25, 0.3) is 0 Å². The number of aryl methyl sites for hydroxylation is 2. The molecule has 0 bridgehead atoms. The minimum atomic E-state index is 0.500. The average Bonchev–Trinajstić information content (AvgIpc) is 2.89. The molecule has 0 atom stereocenters. The summed E-state index contributed by atoms with van der Waals surface area (Å²) in [6, 6.07) is 8.24. The van der Waals surface area contributed by atoms with Gasteiger partial charge < -0.3 is 9.30 Å². The fourth-order valence-electron chi connectivity index (χ4n) is 2.48. The van der Waals surface area contributed by atoms with E-state index in [0.29, 0.717) is 6.61 Å². The van der Waals surface area contributed by atoms with Gasteiger partial charge in [0.05, 0.1) is 0 Å². The van der Waals surface area contributed by atoms with Gasteiger partial charge >= 0.3 is 0 Å². The molecule has 19 heavy (non-hydrogen) atoms. The van der Waals surface area contributed by atoms with Crippen LogP contribution < -0.4 is 4.74 Å². The van der Waals surface area contributed by atoms with Crippen LogP contribution in [0.2, 0.25) is 0 Å². The molecule has 0 fully saturated rings. The summed E-state index contributed by atoms with van der Waals surface area (Å²) in [5.74, 6) is 2.95. The fraction of sp³-hybridized carbons (Fsp3) is 0.467. The highest BCUT2D eigenvalue weighted by molar-refractivity contribution is 5.28. The summed E-state index contributed by atoms with van der Waals surface area (Å²) >= 11 is 0. The van der Waals surface area contributed by atoms with Gasteiger partial charge in [-0.15, -0.1) is 10.2 Å². The molecule has 0 aliphatic carbocycles. The Morgan fingerprint density at radius 3 is 3.11 bits per heavy atom. The highest BCUT2D eigenvalue weighted by Gasteiger charge is 2.15. The summed E-state index contributed by atoms with van der Waals surface area (Å²) in [4.78, 5) is 0. The first kappa shape index (κ1) is 12.2. The van der Waals surface area contributed by atoms with Crippen molar-refractivity contribution in [3.8, 4) is 5.75 Å². The van der Waals surface area contributed by atoms with Gasteiger partial charge in [0.15, 0.2) is 5.82 Å². The molecule has 1 aliphatic rings.